The van der Waals surface area contributed by atoms with E-state index in [0.29, 0.717) is 0 Å². The van der Waals surface area contributed by atoms with E-state index in [1.165, 1.54) is 9.88 Å². The van der Waals surface area contributed by atoms with Crippen LogP contribution in [0.2, 0.25) is 0 Å². The first kappa shape index (κ1) is 14.0. The first-order valence-electron chi connectivity index (χ1n) is 6.49. The Labute approximate surface area is 119 Å². The van der Waals surface area contributed by atoms with Gasteiger partial charge in [0.05, 0.1) is 22.9 Å². The second-order valence-corrected chi connectivity index (χ2v) is 6.94. The van der Waals surface area contributed by atoms with E-state index >= 15 is 0 Å². The van der Waals surface area contributed by atoms with E-state index in [0.717, 1.165) is 23.6 Å². The van der Waals surface area contributed by atoms with Gasteiger partial charge in [-0.05, 0) is 26.0 Å². The molecule has 3 nitrogen and oxygen atoms in total. The molecule has 0 unspecified atom stereocenters. The van der Waals surface area contributed by atoms with Crippen molar-refractivity contribution in [1.82, 2.24) is 9.97 Å². The smallest absolute Gasteiger partial charge is 0.0981 e. The van der Waals surface area contributed by atoms with Crippen LogP contribution in [0, 0.1) is 13.8 Å². The minimum absolute atomic E-state index is 0.129. The number of pyridine rings is 1. The molecule has 1 N–H and O–H groups in total. The van der Waals surface area contributed by atoms with Crippen molar-refractivity contribution in [2.75, 3.05) is 5.32 Å². The molecular weight excluding hydrogens is 254 g/mol. The van der Waals surface area contributed by atoms with E-state index in [9.17, 15) is 0 Å². The van der Waals surface area contributed by atoms with Crippen LogP contribution in [0.15, 0.2) is 18.3 Å². The molecule has 0 aliphatic heterocycles. The minimum atomic E-state index is 0.129. The molecule has 2 heterocycles. The standard InChI is InChI=1S/C15H21N3S/c1-10-6-7-13(11(2)18-10)16-8-12-9-17-14(19-12)15(3,4)5/h6-7,9,16H,8H2,1-5H3. The van der Waals surface area contributed by atoms with Crippen molar-refractivity contribution in [3.8, 4) is 0 Å². The van der Waals surface area contributed by atoms with Gasteiger partial charge < -0.3 is 5.32 Å². The average molecular weight is 275 g/mol. The van der Waals surface area contributed by atoms with Gasteiger partial charge in [-0.15, -0.1) is 11.3 Å². The van der Waals surface area contributed by atoms with Crippen molar-refractivity contribution in [1.29, 1.82) is 0 Å². The van der Waals surface area contributed by atoms with E-state index in [1.54, 1.807) is 11.3 Å². The Morgan fingerprint density at radius 1 is 1.21 bits per heavy atom. The lowest BCUT2D eigenvalue weighted by atomic mass is 9.98. The molecule has 4 heteroatoms. The topological polar surface area (TPSA) is 37.8 Å². The van der Waals surface area contributed by atoms with Gasteiger partial charge in [0.2, 0.25) is 0 Å². The van der Waals surface area contributed by atoms with Crippen molar-refractivity contribution in [3.05, 3.63) is 39.6 Å². The van der Waals surface area contributed by atoms with Crippen LogP contribution in [0.5, 0.6) is 0 Å². The largest absolute Gasteiger partial charge is 0.379 e. The zero-order chi connectivity index (χ0) is 14.0. The number of aryl methyl sites for hydroxylation is 2. The first-order chi connectivity index (χ1) is 8.86. The fourth-order valence-electron chi connectivity index (χ4n) is 1.79. The molecule has 0 fully saturated rings. The number of nitrogens with one attached hydrogen (secondary N) is 1. The highest BCUT2D eigenvalue weighted by Gasteiger charge is 2.17. The molecule has 0 aliphatic rings. The van der Waals surface area contributed by atoms with Crippen LogP contribution in [-0.2, 0) is 12.0 Å². The van der Waals surface area contributed by atoms with Crippen molar-refractivity contribution < 1.29 is 0 Å². The Hall–Kier alpha value is -1.42. The fourth-order valence-corrected chi connectivity index (χ4v) is 2.70. The Balaban J connectivity index is 2.04. The van der Waals surface area contributed by atoms with Gasteiger partial charge in [-0.3, -0.25) is 4.98 Å². The van der Waals surface area contributed by atoms with Crippen LogP contribution in [0.1, 0.15) is 42.0 Å². The Kier molecular flexibility index (Phi) is 3.90. The summed E-state index contributed by atoms with van der Waals surface area (Å²) in [6, 6.07) is 4.12. The zero-order valence-corrected chi connectivity index (χ0v) is 13.1. The summed E-state index contributed by atoms with van der Waals surface area (Å²) < 4.78 is 0. The molecule has 0 aromatic carbocycles. The highest BCUT2D eigenvalue weighted by atomic mass is 32.1. The summed E-state index contributed by atoms with van der Waals surface area (Å²) >= 11 is 1.77. The molecule has 0 radical (unpaired) electrons. The predicted octanol–water partition coefficient (Wildman–Crippen LogP) is 4.06. The van der Waals surface area contributed by atoms with Crippen molar-refractivity contribution in [2.24, 2.45) is 0 Å². The van der Waals surface area contributed by atoms with Crippen molar-refractivity contribution in [3.63, 3.8) is 0 Å². The van der Waals surface area contributed by atoms with Gasteiger partial charge in [0.1, 0.15) is 0 Å². The molecule has 0 atom stereocenters. The van der Waals surface area contributed by atoms with Crippen molar-refractivity contribution >= 4 is 17.0 Å². The quantitative estimate of drug-likeness (QED) is 0.917. The fraction of sp³-hybridized carbons (Fsp3) is 0.467. The summed E-state index contributed by atoms with van der Waals surface area (Å²) in [7, 11) is 0. The van der Waals surface area contributed by atoms with Crippen LogP contribution < -0.4 is 5.32 Å². The number of anilines is 1. The molecule has 0 saturated heterocycles. The molecule has 102 valence electrons. The van der Waals surface area contributed by atoms with Crippen molar-refractivity contribution in [2.45, 2.75) is 46.6 Å². The van der Waals surface area contributed by atoms with Gasteiger partial charge in [0.25, 0.3) is 0 Å². The maximum atomic E-state index is 4.50. The molecule has 2 rings (SSSR count). The lowest BCUT2D eigenvalue weighted by molar-refractivity contribution is 0.585. The lowest BCUT2D eigenvalue weighted by Gasteiger charge is -2.13. The Morgan fingerprint density at radius 2 is 1.95 bits per heavy atom. The number of nitrogens with zero attached hydrogens (tertiary/aromatic N) is 2. The molecular formula is C15H21N3S. The molecule has 0 bridgehead atoms. The van der Waals surface area contributed by atoms with Crippen LogP contribution in [0.25, 0.3) is 0 Å². The summed E-state index contributed by atoms with van der Waals surface area (Å²) in [5, 5.41) is 4.61. The summed E-state index contributed by atoms with van der Waals surface area (Å²) in [5.41, 5.74) is 3.32. The summed E-state index contributed by atoms with van der Waals surface area (Å²) in [4.78, 5) is 10.2. The maximum Gasteiger partial charge on any atom is 0.0981 e. The van der Waals surface area contributed by atoms with Gasteiger partial charge in [-0.2, -0.15) is 0 Å². The van der Waals surface area contributed by atoms with Crippen LogP contribution >= 0.6 is 11.3 Å². The van der Waals surface area contributed by atoms with Gasteiger partial charge in [-0.1, -0.05) is 20.8 Å². The summed E-state index contributed by atoms with van der Waals surface area (Å²) in [6.45, 7) is 11.4. The third-order valence-corrected chi connectivity index (χ3v) is 4.30. The van der Waals surface area contributed by atoms with Crippen LogP contribution in [0.3, 0.4) is 0 Å². The number of rotatable bonds is 3. The monoisotopic (exact) mass is 275 g/mol. The normalized spacial score (nSPS) is 11.6. The van der Waals surface area contributed by atoms with Gasteiger partial charge in [0, 0.05) is 22.2 Å². The van der Waals surface area contributed by atoms with Crippen LogP contribution in [-0.4, -0.2) is 9.97 Å². The van der Waals surface area contributed by atoms with Gasteiger partial charge in [0.15, 0.2) is 0 Å². The Morgan fingerprint density at radius 3 is 2.53 bits per heavy atom. The van der Waals surface area contributed by atoms with E-state index in [1.807, 2.05) is 26.1 Å². The molecule has 0 spiro atoms. The SMILES string of the molecule is Cc1ccc(NCc2cnc(C(C)(C)C)s2)c(C)n1. The predicted molar refractivity (Wildman–Crippen MR) is 81.9 cm³/mol. The van der Waals surface area contributed by atoms with E-state index in [4.69, 9.17) is 0 Å². The molecule has 19 heavy (non-hydrogen) atoms. The van der Waals surface area contributed by atoms with Gasteiger partial charge >= 0.3 is 0 Å². The zero-order valence-electron chi connectivity index (χ0n) is 12.2. The number of aromatic nitrogens is 2. The number of hydrogen-bond acceptors (Lipinski definition) is 4. The second-order valence-electron chi connectivity index (χ2n) is 5.82. The Bertz CT molecular complexity index is 567. The van der Waals surface area contributed by atoms with E-state index in [-0.39, 0.29) is 5.41 Å². The van der Waals surface area contributed by atoms with E-state index < -0.39 is 0 Å². The van der Waals surface area contributed by atoms with E-state index in [2.05, 4.69) is 42.1 Å². The third kappa shape index (κ3) is 3.53. The molecule has 0 aliphatic carbocycles. The minimum Gasteiger partial charge on any atom is -0.379 e. The molecule has 2 aromatic heterocycles. The first-order valence-corrected chi connectivity index (χ1v) is 7.31. The summed E-state index contributed by atoms with van der Waals surface area (Å²) in [6.07, 6.45) is 1.97. The summed E-state index contributed by atoms with van der Waals surface area (Å²) in [5.74, 6) is 0. The van der Waals surface area contributed by atoms with Crippen LogP contribution in [0.4, 0.5) is 5.69 Å². The number of thiazole rings is 1. The lowest BCUT2D eigenvalue weighted by Crippen LogP contribution is -2.09. The molecule has 0 amide bonds. The second kappa shape index (κ2) is 5.29. The number of hydrogen-bond donors (Lipinski definition) is 1. The maximum absolute atomic E-state index is 4.50. The molecule has 2 aromatic rings. The van der Waals surface area contributed by atoms with Gasteiger partial charge in [-0.25, -0.2) is 4.98 Å². The highest BCUT2D eigenvalue weighted by molar-refractivity contribution is 7.11. The highest BCUT2D eigenvalue weighted by Crippen LogP contribution is 2.27. The third-order valence-electron chi connectivity index (χ3n) is 2.87. The molecule has 0 saturated carbocycles. The average Bonchev–Trinajstić information content (AvgIpc) is 2.76.